The van der Waals surface area contributed by atoms with Crippen LogP contribution in [0.3, 0.4) is 0 Å². The van der Waals surface area contributed by atoms with Crippen LogP contribution in [0.4, 0.5) is 5.69 Å². The van der Waals surface area contributed by atoms with Crippen molar-refractivity contribution in [2.75, 3.05) is 25.0 Å². The smallest absolute Gasteiger partial charge is 0.225 e. The third-order valence-electron chi connectivity index (χ3n) is 4.36. The summed E-state index contributed by atoms with van der Waals surface area (Å²) in [6, 6.07) is 13.5. The first-order valence-electron chi connectivity index (χ1n) is 8.66. The molecule has 3 rings (SSSR count). The fourth-order valence-corrected chi connectivity index (χ4v) is 3.18. The number of fused-ring (bicyclic) bond motifs is 1. The topological polar surface area (TPSA) is 41.6 Å². The molecule has 0 bridgehead atoms. The molecule has 0 aromatic heterocycles. The molecule has 1 aliphatic rings. The number of hydrogen-bond donors (Lipinski definition) is 1. The summed E-state index contributed by atoms with van der Waals surface area (Å²) in [5, 5.41) is 3.57. The second kappa shape index (κ2) is 8.37. The minimum Gasteiger partial charge on any atom is -0.494 e. The van der Waals surface area contributed by atoms with Crippen LogP contribution < -0.4 is 10.1 Å². The van der Waals surface area contributed by atoms with Crippen molar-refractivity contribution in [2.45, 2.75) is 26.3 Å². The Hall–Kier alpha value is -2.04. The number of anilines is 1. The monoisotopic (exact) mass is 358 g/mol. The van der Waals surface area contributed by atoms with Gasteiger partial charge < -0.3 is 10.1 Å². The summed E-state index contributed by atoms with van der Waals surface area (Å²) in [4.78, 5) is 14.5. The summed E-state index contributed by atoms with van der Waals surface area (Å²) in [6.45, 7) is 5.26. The Morgan fingerprint density at radius 1 is 1.20 bits per heavy atom. The van der Waals surface area contributed by atoms with Gasteiger partial charge in [0.25, 0.3) is 0 Å². The van der Waals surface area contributed by atoms with Crippen molar-refractivity contribution < 1.29 is 9.53 Å². The number of amides is 1. The number of rotatable bonds is 6. The third-order valence-corrected chi connectivity index (χ3v) is 4.62. The van der Waals surface area contributed by atoms with Gasteiger partial charge in [-0.1, -0.05) is 17.7 Å². The average molecular weight is 359 g/mol. The van der Waals surface area contributed by atoms with Crippen LogP contribution in [0.25, 0.3) is 0 Å². The minimum absolute atomic E-state index is 0.0242. The molecule has 0 spiro atoms. The molecular weight excluding hydrogens is 336 g/mol. The largest absolute Gasteiger partial charge is 0.494 e. The molecule has 0 radical (unpaired) electrons. The standard InChI is InChI=1S/C20H23ClN2O2/c1-2-25-19-8-3-15-9-11-23(14-16(15)13-19)12-10-20(24)22-18-6-4-17(21)5-7-18/h3-8,13H,2,9-12,14H2,1H3,(H,22,24). The lowest BCUT2D eigenvalue weighted by Gasteiger charge is -2.28. The Morgan fingerprint density at radius 3 is 2.76 bits per heavy atom. The number of benzene rings is 2. The van der Waals surface area contributed by atoms with Crippen LogP contribution in [0.5, 0.6) is 5.75 Å². The minimum atomic E-state index is 0.0242. The van der Waals surface area contributed by atoms with Crippen LogP contribution in [-0.2, 0) is 17.8 Å². The van der Waals surface area contributed by atoms with E-state index in [1.807, 2.05) is 25.1 Å². The maximum atomic E-state index is 12.1. The molecule has 2 aromatic rings. The molecule has 0 atom stereocenters. The quantitative estimate of drug-likeness (QED) is 0.844. The van der Waals surface area contributed by atoms with Crippen LogP contribution >= 0.6 is 11.6 Å². The van der Waals surface area contributed by atoms with Crippen molar-refractivity contribution in [3.8, 4) is 5.75 Å². The van der Waals surface area contributed by atoms with Gasteiger partial charge >= 0.3 is 0 Å². The van der Waals surface area contributed by atoms with Crippen LogP contribution in [0.2, 0.25) is 5.02 Å². The molecule has 1 N–H and O–H groups in total. The highest BCUT2D eigenvalue weighted by molar-refractivity contribution is 6.30. The Labute approximate surface area is 153 Å². The van der Waals surface area contributed by atoms with Gasteiger partial charge in [-0.05, 0) is 60.9 Å². The lowest BCUT2D eigenvalue weighted by Crippen LogP contribution is -2.33. The zero-order chi connectivity index (χ0) is 17.6. The summed E-state index contributed by atoms with van der Waals surface area (Å²) < 4.78 is 5.59. The first kappa shape index (κ1) is 17.8. The number of carbonyl (C=O) groups excluding carboxylic acids is 1. The van der Waals surface area contributed by atoms with Gasteiger partial charge in [-0.2, -0.15) is 0 Å². The van der Waals surface area contributed by atoms with Crippen molar-refractivity contribution in [1.29, 1.82) is 0 Å². The van der Waals surface area contributed by atoms with E-state index < -0.39 is 0 Å². The van der Waals surface area contributed by atoms with Gasteiger partial charge in [-0.3, -0.25) is 9.69 Å². The van der Waals surface area contributed by atoms with Gasteiger partial charge in [0, 0.05) is 36.8 Å². The highest BCUT2D eigenvalue weighted by Crippen LogP contribution is 2.24. The first-order valence-corrected chi connectivity index (χ1v) is 9.04. The van der Waals surface area contributed by atoms with Gasteiger partial charge in [0.15, 0.2) is 0 Å². The van der Waals surface area contributed by atoms with E-state index in [9.17, 15) is 4.79 Å². The predicted octanol–water partition coefficient (Wildman–Crippen LogP) is 4.13. The number of ether oxygens (including phenoxy) is 1. The molecule has 0 saturated carbocycles. The maximum absolute atomic E-state index is 12.1. The number of halogens is 1. The van der Waals surface area contributed by atoms with Gasteiger partial charge in [-0.15, -0.1) is 0 Å². The number of carbonyl (C=O) groups is 1. The molecule has 0 fully saturated rings. The Balaban J connectivity index is 1.51. The van der Waals surface area contributed by atoms with E-state index in [-0.39, 0.29) is 5.91 Å². The highest BCUT2D eigenvalue weighted by Gasteiger charge is 2.17. The molecule has 0 aliphatic carbocycles. The Morgan fingerprint density at radius 2 is 2.00 bits per heavy atom. The second-order valence-electron chi connectivity index (χ2n) is 6.19. The van der Waals surface area contributed by atoms with Crippen molar-refractivity contribution in [1.82, 2.24) is 4.90 Å². The average Bonchev–Trinajstić information content (AvgIpc) is 2.62. The second-order valence-corrected chi connectivity index (χ2v) is 6.63. The maximum Gasteiger partial charge on any atom is 0.225 e. The molecule has 0 saturated heterocycles. The fraction of sp³-hybridized carbons (Fsp3) is 0.350. The van der Waals surface area contributed by atoms with E-state index in [1.54, 1.807) is 12.1 Å². The van der Waals surface area contributed by atoms with E-state index in [2.05, 4.69) is 22.3 Å². The molecule has 1 amide bonds. The predicted molar refractivity (Wildman–Crippen MR) is 101 cm³/mol. The summed E-state index contributed by atoms with van der Waals surface area (Å²) in [5.74, 6) is 0.944. The van der Waals surface area contributed by atoms with E-state index in [1.165, 1.54) is 11.1 Å². The first-order chi connectivity index (χ1) is 12.1. The SMILES string of the molecule is CCOc1ccc2c(c1)CN(CCC(=O)Nc1ccc(Cl)cc1)CC2. The number of hydrogen-bond acceptors (Lipinski definition) is 3. The van der Waals surface area contributed by atoms with Gasteiger partial charge in [-0.25, -0.2) is 0 Å². The molecule has 5 heteroatoms. The Bertz CT molecular complexity index is 731. The van der Waals surface area contributed by atoms with Crippen molar-refractivity contribution in [3.63, 3.8) is 0 Å². The zero-order valence-electron chi connectivity index (χ0n) is 14.4. The third kappa shape index (κ3) is 4.97. The van der Waals surface area contributed by atoms with E-state index >= 15 is 0 Å². The molecule has 25 heavy (non-hydrogen) atoms. The van der Waals surface area contributed by atoms with Crippen LogP contribution in [0, 0.1) is 0 Å². The molecular formula is C20H23ClN2O2. The van der Waals surface area contributed by atoms with E-state index in [4.69, 9.17) is 16.3 Å². The van der Waals surface area contributed by atoms with Gasteiger partial charge in [0.2, 0.25) is 5.91 Å². The molecule has 2 aromatic carbocycles. The summed E-state index contributed by atoms with van der Waals surface area (Å²) in [6.07, 6.45) is 1.49. The van der Waals surface area contributed by atoms with Crippen molar-refractivity contribution in [3.05, 3.63) is 58.6 Å². The van der Waals surface area contributed by atoms with Gasteiger partial charge in [0.05, 0.1) is 6.61 Å². The highest BCUT2D eigenvalue weighted by atomic mass is 35.5. The number of nitrogens with one attached hydrogen (secondary N) is 1. The lowest BCUT2D eigenvalue weighted by atomic mass is 9.99. The van der Waals surface area contributed by atoms with E-state index in [0.717, 1.165) is 37.5 Å². The van der Waals surface area contributed by atoms with Crippen molar-refractivity contribution in [2.24, 2.45) is 0 Å². The summed E-state index contributed by atoms with van der Waals surface area (Å²) in [5.41, 5.74) is 3.46. The van der Waals surface area contributed by atoms with Crippen LogP contribution in [0.1, 0.15) is 24.5 Å². The lowest BCUT2D eigenvalue weighted by molar-refractivity contribution is -0.116. The molecule has 132 valence electrons. The molecule has 0 unspecified atom stereocenters. The van der Waals surface area contributed by atoms with E-state index in [0.29, 0.717) is 18.1 Å². The van der Waals surface area contributed by atoms with Crippen molar-refractivity contribution >= 4 is 23.2 Å². The van der Waals surface area contributed by atoms with Gasteiger partial charge in [0.1, 0.15) is 5.75 Å². The summed E-state index contributed by atoms with van der Waals surface area (Å²) >= 11 is 5.85. The molecule has 1 heterocycles. The normalized spacial score (nSPS) is 14.0. The fourth-order valence-electron chi connectivity index (χ4n) is 3.06. The summed E-state index contributed by atoms with van der Waals surface area (Å²) in [7, 11) is 0. The molecule has 1 aliphatic heterocycles. The van der Waals surface area contributed by atoms with Crippen LogP contribution in [-0.4, -0.2) is 30.5 Å². The Kier molecular flexibility index (Phi) is 5.95. The zero-order valence-corrected chi connectivity index (χ0v) is 15.2. The molecule has 4 nitrogen and oxygen atoms in total. The van der Waals surface area contributed by atoms with Crippen LogP contribution in [0.15, 0.2) is 42.5 Å². The number of nitrogens with zero attached hydrogens (tertiary/aromatic N) is 1.